The molecular formula is C10H12N4O. The number of aliphatic hydroxyl groups excluding tert-OH is 1. The first-order valence-corrected chi connectivity index (χ1v) is 5.01. The SMILES string of the molecule is OCC1(Nc2ccn3nccc3n2)CC1. The van der Waals surface area contributed by atoms with E-state index in [0.717, 1.165) is 24.3 Å². The number of aromatic nitrogens is 3. The first-order chi connectivity index (χ1) is 7.31. The second-order valence-electron chi connectivity index (χ2n) is 4.01. The van der Waals surface area contributed by atoms with Gasteiger partial charge in [0, 0.05) is 12.3 Å². The second-order valence-corrected chi connectivity index (χ2v) is 4.01. The number of nitrogens with one attached hydrogen (secondary N) is 1. The van der Waals surface area contributed by atoms with Gasteiger partial charge in [0.25, 0.3) is 0 Å². The van der Waals surface area contributed by atoms with Crippen LogP contribution in [0.15, 0.2) is 24.5 Å². The lowest BCUT2D eigenvalue weighted by Gasteiger charge is -2.14. The molecule has 1 saturated carbocycles. The Morgan fingerprint density at radius 3 is 3.07 bits per heavy atom. The van der Waals surface area contributed by atoms with Crippen LogP contribution >= 0.6 is 0 Å². The van der Waals surface area contributed by atoms with Gasteiger partial charge in [-0.2, -0.15) is 5.10 Å². The van der Waals surface area contributed by atoms with Gasteiger partial charge in [0.2, 0.25) is 0 Å². The predicted molar refractivity (Wildman–Crippen MR) is 55.7 cm³/mol. The van der Waals surface area contributed by atoms with Crippen molar-refractivity contribution in [1.82, 2.24) is 14.6 Å². The number of nitrogens with zero attached hydrogens (tertiary/aromatic N) is 3. The highest BCUT2D eigenvalue weighted by Crippen LogP contribution is 2.37. The van der Waals surface area contributed by atoms with E-state index in [-0.39, 0.29) is 12.1 Å². The Morgan fingerprint density at radius 2 is 2.33 bits per heavy atom. The standard InChI is InChI=1S/C10H12N4O/c15-7-10(3-4-10)13-8-2-6-14-9(12-8)1-5-11-14/h1-2,5-6,15H,3-4,7H2,(H,12,13). The molecule has 0 bridgehead atoms. The topological polar surface area (TPSA) is 62.5 Å². The summed E-state index contributed by atoms with van der Waals surface area (Å²) in [5.41, 5.74) is 0.694. The number of rotatable bonds is 3. The van der Waals surface area contributed by atoms with E-state index in [2.05, 4.69) is 15.4 Å². The Labute approximate surface area is 86.8 Å². The molecule has 2 heterocycles. The van der Waals surface area contributed by atoms with Crippen molar-refractivity contribution in [3.8, 4) is 0 Å². The zero-order valence-corrected chi connectivity index (χ0v) is 8.22. The smallest absolute Gasteiger partial charge is 0.157 e. The fourth-order valence-electron chi connectivity index (χ4n) is 1.63. The Kier molecular flexibility index (Phi) is 1.70. The number of anilines is 1. The van der Waals surface area contributed by atoms with E-state index in [1.807, 2.05) is 18.3 Å². The Bertz CT molecular complexity index is 489. The summed E-state index contributed by atoms with van der Waals surface area (Å²) in [4.78, 5) is 4.39. The van der Waals surface area contributed by atoms with E-state index in [9.17, 15) is 5.11 Å². The molecule has 2 aromatic heterocycles. The summed E-state index contributed by atoms with van der Waals surface area (Å²) in [7, 11) is 0. The van der Waals surface area contributed by atoms with Gasteiger partial charge in [-0.05, 0) is 18.9 Å². The summed E-state index contributed by atoms with van der Waals surface area (Å²) in [5, 5.41) is 16.5. The summed E-state index contributed by atoms with van der Waals surface area (Å²) < 4.78 is 1.71. The van der Waals surface area contributed by atoms with E-state index >= 15 is 0 Å². The lowest BCUT2D eigenvalue weighted by molar-refractivity contribution is 0.266. The zero-order valence-electron chi connectivity index (χ0n) is 8.22. The van der Waals surface area contributed by atoms with Crippen LogP contribution < -0.4 is 5.32 Å². The van der Waals surface area contributed by atoms with Crippen molar-refractivity contribution in [3.63, 3.8) is 0 Å². The van der Waals surface area contributed by atoms with E-state index < -0.39 is 0 Å². The van der Waals surface area contributed by atoms with E-state index in [0.29, 0.717) is 0 Å². The van der Waals surface area contributed by atoms with Crippen LogP contribution in [-0.2, 0) is 0 Å². The van der Waals surface area contributed by atoms with Crippen LogP contribution in [-0.4, -0.2) is 31.9 Å². The maximum absolute atomic E-state index is 9.18. The van der Waals surface area contributed by atoms with Crippen LogP contribution in [0.3, 0.4) is 0 Å². The molecule has 78 valence electrons. The maximum Gasteiger partial charge on any atom is 0.157 e. The van der Waals surface area contributed by atoms with E-state index in [4.69, 9.17) is 0 Å². The van der Waals surface area contributed by atoms with Gasteiger partial charge in [-0.15, -0.1) is 0 Å². The van der Waals surface area contributed by atoms with Crippen LogP contribution in [0, 0.1) is 0 Å². The molecule has 1 aliphatic carbocycles. The monoisotopic (exact) mass is 204 g/mol. The molecule has 2 aromatic rings. The van der Waals surface area contributed by atoms with Crippen molar-refractivity contribution >= 4 is 11.5 Å². The number of aliphatic hydroxyl groups is 1. The van der Waals surface area contributed by atoms with Crippen molar-refractivity contribution < 1.29 is 5.11 Å². The summed E-state index contributed by atoms with van der Waals surface area (Å²) in [6.45, 7) is 0.166. The molecule has 1 fully saturated rings. The molecule has 0 atom stereocenters. The fraction of sp³-hybridized carbons (Fsp3) is 0.400. The third kappa shape index (κ3) is 1.45. The molecule has 15 heavy (non-hydrogen) atoms. The van der Waals surface area contributed by atoms with Crippen LogP contribution in [0.4, 0.5) is 5.82 Å². The zero-order chi connectivity index (χ0) is 10.3. The number of hydrogen-bond donors (Lipinski definition) is 2. The molecule has 0 unspecified atom stereocenters. The van der Waals surface area contributed by atoms with E-state index in [1.54, 1.807) is 10.7 Å². The summed E-state index contributed by atoms with van der Waals surface area (Å²) in [5.74, 6) is 0.801. The third-order valence-corrected chi connectivity index (χ3v) is 2.81. The van der Waals surface area contributed by atoms with Crippen LogP contribution in [0.1, 0.15) is 12.8 Å². The molecule has 5 nitrogen and oxygen atoms in total. The van der Waals surface area contributed by atoms with Gasteiger partial charge in [-0.25, -0.2) is 9.50 Å². The normalized spacial score (nSPS) is 17.9. The van der Waals surface area contributed by atoms with Gasteiger partial charge in [0.05, 0.1) is 18.3 Å². The first kappa shape index (κ1) is 8.67. The molecule has 1 aliphatic rings. The van der Waals surface area contributed by atoms with Gasteiger partial charge >= 0.3 is 0 Å². The number of fused-ring (bicyclic) bond motifs is 1. The average Bonchev–Trinajstić information content (AvgIpc) is 2.88. The molecule has 2 N–H and O–H groups in total. The molecule has 0 saturated heterocycles. The second kappa shape index (κ2) is 2.93. The van der Waals surface area contributed by atoms with E-state index in [1.165, 1.54) is 0 Å². The lowest BCUT2D eigenvalue weighted by atomic mass is 10.3. The molecular weight excluding hydrogens is 192 g/mol. The summed E-state index contributed by atoms with van der Waals surface area (Å²) >= 11 is 0. The Morgan fingerprint density at radius 1 is 1.47 bits per heavy atom. The maximum atomic E-state index is 9.18. The van der Waals surface area contributed by atoms with Gasteiger partial charge in [-0.1, -0.05) is 0 Å². The highest BCUT2D eigenvalue weighted by molar-refractivity contribution is 5.48. The molecule has 0 radical (unpaired) electrons. The van der Waals surface area contributed by atoms with Crippen molar-refractivity contribution in [2.75, 3.05) is 11.9 Å². The Hall–Kier alpha value is -1.62. The Balaban J connectivity index is 1.91. The van der Waals surface area contributed by atoms with Crippen LogP contribution in [0.5, 0.6) is 0 Å². The lowest BCUT2D eigenvalue weighted by Crippen LogP contribution is -2.26. The van der Waals surface area contributed by atoms with Gasteiger partial charge in [0.15, 0.2) is 5.65 Å². The minimum absolute atomic E-state index is 0.120. The van der Waals surface area contributed by atoms with Crippen LogP contribution in [0.25, 0.3) is 5.65 Å². The van der Waals surface area contributed by atoms with Crippen molar-refractivity contribution in [3.05, 3.63) is 24.5 Å². The van der Waals surface area contributed by atoms with Gasteiger partial charge < -0.3 is 10.4 Å². The van der Waals surface area contributed by atoms with Crippen molar-refractivity contribution in [2.24, 2.45) is 0 Å². The first-order valence-electron chi connectivity index (χ1n) is 5.01. The van der Waals surface area contributed by atoms with Gasteiger partial charge in [-0.3, -0.25) is 0 Å². The largest absolute Gasteiger partial charge is 0.394 e. The highest BCUT2D eigenvalue weighted by atomic mass is 16.3. The van der Waals surface area contributed by atoms with Crippen LogP contribution in [0.2, 0.25) is 0 Å². The molecule has 0 amide bonds. The third-order valence-electron chi connectivity index (χ3n) is 2.81. The van der Waals surface area contributed by atoms with Gasteiger partial charge in [0.1, 0.15) is 5.82 Å². The molecule has 5 heteroatoms. The minimum atomic E-state index is -0.120. The summed E-state index contributed by atoms with van der Waals surface area (Å²) in [6.07, 6.45) is 5.59. The molecule has 3 rings (SSSR count). The average molecular weight is 204 g/mol. The van der Waals surface area contributed by atoms with Crippen molar-refractivity contribution in [2.45, 2.75) is 18.4 Å². The fourth-order valence-corrected chi connectivity index (χ4v) is 1.63. The van der Waals surface area contributed by atoms with Crippen molar-refractivity contribution in [1.29, 1.82) is 0 Å². The molecule has 0 aromatic carbocycles. The highest BCUT2D eigenvalue weighted by Gasteiger charge is 2.42. The quantitative estimate of drug-likeness (QED) is 0.771. The predicted octanol–water partition coefficient (Wildman–Crippen LogP) is 0.666. The number of hydrogen-bond acceptors (Lipinski definition) is 4. The minimum Gasteiger partial charge on any atom is -0.394 e. The molecule has 0 spiro atoms. The summed E-state index contributed by atoms with van der Waals surface area (Å²) in [6, 6.07) is 3.72. The molecule has 0 aliphatic heterocycles.